The van der Waals surface area contributed by atoms with Crippen molar-refractivity contribution in [1.82, 2.24) is 9.88 Å². The Bertz CT molecular complexity index is 1000. The zero-order valence-corrected chi connectivity index (χ0v) is 17.5. The number of aromatic nitrogens is 1. The van der Waals surface area contributed by atoms with Gasteiger partial charge in [-0.3, -0.25) is 9.59 Å². The number of likely N-dealkylation sites (tertiary alicyclic amines) is 1. The number of amides is 2. The second-order valence-electron chi connectivity index (χ2n) is 6.82. The molecule has 0 radical (unpaired) electrons. The van der Waals surface area contributed by atoms with Gasteiger partial charge in [0.05, 0.1) is 21.2 Å². The van der Waals surface area contributed by atoms with E-state index in [0.29, 0.717) is 36.8 Å². The largest absolute Gasteiger partial charge is 0.339 e. The lowest BCUT2D eigenvalue weighted by Crippen LogP contribution is -2.41. The number of anilines is 1. The van der Waals surface area contributed by atoms with E-state index in [1.807, 2.05) is 0 Å². The molecule has 0 bridgehead atoms. The molecule has 1 aliphatic heterocycles. The van der Waals surface area contributed by atoms with Crippen LogP contribution >= 0.6 is 11.6 Å². The molecule has 1 N–H and O–H groups in total. The summed E-state index contributed by atoms with van der Waals surface area (Å²) in [6.07, 6.45) is 2.45. The van der Waals surface area contributed by atoms with E-state index < -0.39 is 9.84 Å². The molecular weight excluding hydrogens is 414 g/mol. The monoisotopic (exact) mass is 435 g/mol. The summed E-state index contributed by atoms with van der Waals surface area (Å²) in [5.74, 6) is -0.363. The Hall–Kier alpha value is -2.45. The third kappa shape index (κ3) is 4.94. The first kappa shape index (κ1) is 21.3. The average Bonchev–Trinajstić information content (AvgIpc) is 2.75. The minimum absolute atomic E-state index is 0.0566. The fraction of sp³-hybridized carbons (Fsp3) is 0.350. The number of sulfone groups is 1. The number of halogens is 1. The highest BCUT2D eigenvalue weighted by Crippen LogP contribution is 2.24. The number of hydrogen-bond acceptors (Lipinski definition) is 5. The standard InChI is InChI=1S/C20H22ClN3O4S/c1-2-29(27,28)17-6-4-3-5-16(17)20(26)24-11-9-14(10-12-24)19(25)23-18-8-7-15(21)13-22-18/h3-8,13-14H,2,9-12H2,1H3,(H,22,23,25). The topological polar surface area (TPSA) is 96.4 Å². The van der Waals surface area contributed by atoms with E-state index in [1.54, 1.807) is 36.1 Å². The zero-order valence-electron chi connectivity index (χ0n) is 16.0. The van der Waals surface area contributed by atoms with Crippen molar-refractivity contribution in [2.45, 2.75) is 24.7 Å². The van der Waals surface area contributed by atoms with Gasteiger partial charge in [0.2, 0.25) is 5.91 Å². The number of benzene rings is 1. The molecule has 0 atom stereocenters. The van der Waals surface area contributed by atoms with Crippen LogP contribution in [0.3, 0.4) is 0 Å². The van der Waals surface area contributed by atoms with Gasteiger partial charge in [-0.05, 0) is 37.1 Å². The van der Waals surface area contributed by atoms with Crippen LogP contribution in [0.1, 0.15) is 30.1 Å². The third-order valence-electron chi connectivity index (χ3n) is 4.96. The summed E-state index contributed by atoms with van der Waals surface area (Å²) >= 11 is 5.79. The molecule has 0 aliphatic carbocycles. The molecule has 1 fully saturated rings. The molecule has 29 heavy (non-hydrogen) atoms. The maximum absolute atomic E-state index is 12.9. The molecule has 1 aliphatic rings. The summed E-state index contributed by atoms with van der Waals surface area (Å²) in [6, 6.07) is 9.54. The molecule has 154 valence electrons. The summed E-state index contributed by atoms with van der Waals surface area (Å²) in [5.41, 5.74) is 0.183. The highest BCUT2D eigenvalue weighted by Gasteiger charge is 2.30. The molecule has 2 aromatic rings. The molecule has 1 aromatic carbocycles. The summed E-state index contributed by atoms with van der Waals surface area (Å²) in [6.45, 7) is 2.31. The molecule has 0 unspecified atom stereocenters. The van der Waals surface area contributed by atoms with Crippen LogP contribution in [0.2, 0.25) is 5.02 Å². The summed E-state index contributed by atoms with van der Waals surface area (Å²) in [7, 11) is -3.50. The van der Waals surface area contributed by atoms with Gasteiger partial charge in [-0.15, -0.1) is 0 Å². The molecule has 1 aromatic heterocycles. The van der Waals surface area contributed by atoms with Crippen molar-refractivity contribution in [2.75, 3.05) is 24.2 Å². The van der Waals surface area contributed by atoms with Gasteiger partial charge < -0.3 is 10.2 Å². The van der Waals surface area contributed by atoms with Crippen LogP contribution in [0, 0.1) is 5.92 Å². The van der Waals surface area contributed by atoms with E-state index in [0.717, 1.165) is 0 Å². The Kier molecular flexibility index (Phi) is 6.54. The Balaban J connectivity index is 1.64. The van der Waals surface area contributed by atoms with E-state index in [9.17, 15) is 18.0 Å². The fourth-order valence-electron chi connectivity index (χ4n) is 3.26. The molecule has 3 rings (SSSR count). The van der Waals surface area contributed by atoms with Gasteiger partial charge in [-0.1, -0.05) is 30.7 Å². The summed E-state index contributed by atoms with van der Waals surface area (Å²) in [4.78, 5) is 31.1. The van der Waals surface area contributed by atoms with Crippen LogP contribution < -0.4 is 5.32 Å². The number of hydrogen-bond donors (Lipinski definition) is 1. The Labute approximate surface area is 175 Å². The lowest BCUT2D eigenvalue weighted by molar-refractivity contribution is -0.121. The molecule has 2 heterocycles. The van der Waals surface area contributed by atoms with Gasteiger partial charge in [-0.2, -0.15) is 0 Å². The van der Waals surface area contributed by atoms with E-state index >= 15 is 0 Å². The maximum atomic E-state index is 12.9. The van der Waals surface area contributed by atoms with Crippen LogP contribution in [-0.4, -0.2) is 49.0 Å². The predicted octanol–water partition coefficient (Wildman–Crippen LogP) is 3.02. The fourth-order valence-corrected chi connectivity index (χ4v) is 4.46. The average molecular weight is 436 g/mol. The number of pyridine rings is 1. The second kappa shape index (κ2) is 8.92. The van der Waals surface area contributed by atoms with Crippen LogP contribution in [0.4, 0.5) is 5.82 Å². The van der Waals surface area contributed by atoms with Crippen molar-refractivity contribution in [2.24, 2.45) is 5.92 Å². The minimum Gasteiger partial charge on any atom is -0.339 e. The van der Waals surface area contributed by atoms with Crippen LogP contribution in [0.5, 0.6) is 0 Å². The van der Waals surface area contributed by atoms with Crippen molar-refractivity contribution < 1.29 is 18.0 Å². The van der Waals surface area contributed by atoms with E-state index in [2.05, 4.69) is 10.3 Å². The van der Waals surface area contributed by atoms with E-state index in [1.165, 1.54) is 18.3 Å². The molecule has 9 heteroatoms. The number of nitrogens with zero attached hydrogens (tertiary/aromatic N) is 2. The Morgan fingerprint density at radius 2 is 1.86 bits per heavy atom. The van der Waals surface area contributed by atoms with Gasteiger partial charge in [0, 0.05) is 25.2 Å². The lowest BCUT2D eigenvalue weighted by Gasteiger charge is -2.31. The number of carbonyl (C=O) groups excluding carboxylic acids is 2. The second-order valence-corrected chi connectivity index (χ2v) is 9.50. The zero-order chi connectivity index (χ0) is 21.0. The van der Waals surface area contributed by atoms with Gasteiger partial charge >= 0.3 is 0 Å². The Morgan fingerprint density at radius 3 is 2.48 bits per heavy atom. The Morgan fingerprint density at radius 1 is 1.17 bits per heavy atom. The van der Waals surface area contributed by atoms with Crippen molar-refractivity contribution in [1.29, 1.82) is 0 Å². The van der Waals surface area contributed by atoms with E-state index in [-0.39, 0.29) is 33.9 Å². The first-order valence-corrected chi connectivity index (χ1v) is 11.4. The minimum atomic E-state index is -3.50. The summed E-state index contributed by atoms with van der Waals surface area (Å²) < 4.78 is 24.6. The highest BCUT2D eigenvalue weighted by molar-refractivity contribution is 7.91. The number of piperidine rings is 1. The van der Waals surface area contributed by atoms with Crippen LogP contribution in [0.15, 0.2) is 47.5 Å². The number of carbonyl (C=O) groups is 2. The quantitative estimate of drug-likeness (QED) is 0.778. The van der Waals surface area contributed by atoms with Crippen molar-refractivity contribution >= 4 is 39.1 Å². The highest BCUT2D eigenvalue weighted by atomic mass is 35.5. The van der Waals surface area contributed by atoms with Crippen LogP contribution in [0.25, 0.3) is 0 Å². The van der Waals surface area contributed by atoms with Crippen molar-refractivity contribution in [3.63, 3.8) is 0 Å². The molecule has 0 saturated carbocycles. The van der Waals surface area contributed by atoms with Gasteiger partial charge in [0.1, 0.15) is 5.82 Å². The van der Waals surface area contributed by atoms with Crippen molar-refractivity contribution in [3.05, 3.63) is 53.2 Å². The molecule has 2 amide bonds. The normalized spacial score (nSPS) is 15.2. The van der Waals surface area contributed by atoms with E-state index in [4.69, 9.17) is 11.6 Å². The van der Waals surface area contributed by atoms with Crippen molar-refractivity contribution in [3.8, 4) is 0 Å². The SMILES string of the molecule is CCS(=O)(=O)c1ccccc1C(=O)N1CCC(C(=O)Nc2ccc(Cl)cn2)CC1. The molecule has 7 nitrogen and oxygen atoms in total. The van der Waals surface area contributed by atoms with Gasteiger partial charge in [0.25, 0.3) is 5.91 Å². The predicted molar refractivity (Wildman–Crippen MR) is 111 cm³/mol. The molecule has 1 saturated heterocycles. The lowest BCUT2D eigenvalue weighted by atomic mass is 9.95. The van der Waals surface area contributed by atoms with Gasteiger partial charge in [0.15, 0.2) is 9.84 Å². The van der Waals surface area contributed by atoms with Crippen LogP contribution in [-0.2, 0) is 14.6 Å². The first-order valence-electron chi connectivity index (χ1n) is 9.35. The molecular formula is C20H22ClN3O4S. The van der Waals surface area contributed by atoms with Gasteiger partial charge in [-0.25, -0.2) is 13.4 Å². The first-order chi connectivity index (χ1) is 13.8. The smallest absolute Gasteiger partial charge is 0.255 e. The number of nitrogens with one attached hydrogen (secondary N) is 1. The number of rotatable bonds is 5. The third-order valence-corrected chi connectivity index (χ3v) is 6.97. The summed E-state index contributed by atoms with van der Waals surface area (Å²) in [5, 5.41) is 3.25. The maximum Gasteiger partial charge on any atom is 0.255 e. The molecule has 0 spiro atoms.